The topological polar surface area (TPSA) is 105 Å². The molecular formula is C30H37N3O6S. The van der Waals surface area contributed by atoms with Crippen LogP contribution in [-0.2, 0) is 26.2 Å². The van der Waals surface area contributed by atoms with Crippen LogP contribution in [0.2, 0.25) is 0 Å². The highest BCUT2D eigenvalue weighted by atomic mass is 32.2. The summed E-state index contributed by atoms with van der Waals surface area (Å²) in [5.41, 5.74) is 2.20. The number of benzene rings is 3. The van der Waals surface area contributed by atoms with Crippen LogP contribution in [0.1, 0.15) is 31.4 Å². The Bertz CT molecular complexity index is 1390. The van der Waals surface area contributed by atoms with E-state index in [2.05, 4.69) is 5.32 Å². The number of hydrogen-bond acceptors (Lipinski definition) is 6. The summed E-state index contributed by atoms with van der Waals surface area (Å²) in [5, 5.41) is 2.80. The van der Waals surface area contributed by atoms with Crippen molar-refractivity contribution in [2.24, 2.45) is 0 Å². The van der Waals surface area contributed by atoms with E-state index in [1.807, 2.05) is 45.0 Å². The van der Waals surface area contributed by atoms with Crippen LogP contribution in [0.4, 0.5) is 5.69 Å². The van der Waals surface area contributed by atoms with Crippen LogP contribution in [0.3, 0.4) is 0 Å². The van der Waals surface area contributed by atoms with Crippen LogP contribution >= 0.6 is 0 Å². The fraction of sp³-hybridized carbons (Fsp3) is 0.333. The molecule has 0 saturated heterocycles. The van der Waals surface area contributed by atoms with Gasteiger partial charge < -0.3 is 19.7 Å². The summed E-state index contributed by atoms with van der Waals surface area (Å²) in [6.07, 6.45) is 0.358. The Morgan fingerprint density at radius 2 is 1.55 bits per heavy atom. The second-order valence-corrected chi connectivity index (χ2v) is 11.1. The summed E-state index contributed by atoms with van der Waals surface area (Å²) in [4.78, 5) is 28.4. The van der Waals surface area contributed by atoms with Gasteiger partial charge in [0.25, 0.3) is 10.0 Å². The molecule has 214 valence electrons. The van der Waals surface area contributed by atoms with Crippen LogP contribution in [0.15, 0.2) is 77.7 Å². The molecule has 3 aromatic rings. The van der Waals surface area contributed by atoms with Crippen LogP contribution in [0.25, 0.3) is 0 Å². The predicted molar refractivity (Wildman–Crippen MR) is 155 cm³/mol. The lowest BCUT2D eigenvalue weighted by Gasteiger charge is -2.33. The highest BCUT2D eigenvalue weighted by Crippen LogP contribution is 2.32. The molecule has 0 unspecified atom stereocenters. The first-order chi connectivity index (χ1) is 19.2. The van der Waals surface area contributed by atoms with Gasteiger partial charge in [-0.15, -0.1) is 0 Å². The lowest BCUT2D eigenvalue weighted by Crippen LogP contribution is -2.52. The molecule has 0 aromatic heterocycles. The Labute approximate surface area is 236 Å². The molecular weight excluding hydrogens is 530 g/mol. The highest BCUT2D eigenvalue weighted by Gasteiger charge is 2.34. The zero-order valence-electron chi connectivity index (χ0n) is 23.6. The van der Waals surface area contributed by atoms with E-state index >= 15 is 0 Å². The van der Waals surface area contributed by atoms with Gasteiger partial charge in [0.05, 0.1) is 24.8 Å². The molecule has 0 aliphatic rings. The number of ether oxygens (including phenoxy) is 2. The van der Waals surface area contributed by atoms with Gasteiger partial charge in [-0.3, -0.25) is 13.9 Å². The molecule has 0 fully saturated rings. The van der Waals surface area contributed by atoms with Crippen molar-refractivity contribution in [3.8, 4) is 11.5 Å². The Kier molecular flexibility index (Phi) is 10.6. The number of amides is 2. The molecule has 1 atom stereocenters. The van der Waals surface area contributed by atoms with Crippen LogP contribution in [0.5, 0.6) is 11.5 Å². The molecule has 0 heterocycles. The molecule has 10 heteroatoms. The van der Waals surface area contributed by atoms with Crippen molar-refractivity contribution in [1.82, 2.24) is 10.2 Å². The summed E-state index contributed by atoms with van der Waals surface area (Å²) in [5.74, 6) is -0.182. The molecule has 0 aliphatic carbocycles. The Morgan fingerprint density at radius 3 is 2.12 bits per heavy atom. The summed E-state index contributed by atoms with van der Waals surface area (Å²) >= 11 is 0. The van der Waals surface area contributed by atoms with Gasteiger partial charge in [0.15, 0.2) is 11.5 Å². The molecule has 40 heavy (non-hydrogen) atoms. The van der Waals surface area contributed by atoms with E-state index < -0.39 is 28.5 Å². The van der Waals surface area contributed by atoms with Gasteiger partial charge in [-0.2, -0.15) is 0 Å². The lowest BCUT2D eigenvalue weighted by molar-refractivity contribution is -0.140. The smallest absolute Gasteiger partial charge is 0.264 e. The normalized spacial score (nSPS) is 11.8. The highest BCUT2D eigenvalue weighted by molar-refractivity contribution is 7.92. The van der Waals surface area contributed by atoms with Crippen molar-refractivity contribution in [1.29, 1.82) is 0 Å². The largest absolute Gasteiger partial charge is 0.493 e. The number of nitrogens with one attached hydrogen (secondary N) is 1. The predicted octanol–water partition coefficient (Wildman–Crippen LogP) is 4.15. The first-order valence-corrected chi connectivity index (χ1v) is 14.5. The van der Waals surface area contributed by atoms with Crippen molar-refractivity contribution >= 4 is 27.5 Å². The van der Waals surface area contributed by atoms with E-state index in [-0.39, 0.29) is 23.1 Å². The monoisotopic (exact) mass is 567 g/mol. The quantitative estimate of drug-likeness (QED) is 0.333. The van der Waals surface area contributed by atoms with Gasteiger partial charge in [-0.25, -0.2) is 8.42 Å². The molecule has 0 bridgehead atoms. The Balaban J connectivity index is 2.06. The molecule has 0 radical (unpaired) electrons. The summed E-state index contributed by atoms with van der Waals surface area (Å²) in [7, 11) is -1.35. The molecule has 0 aliphatic heterocycles. The van der Waals surface area contributed by atoms with E-state index in [0.717, 1.165) is 15.4 Å². The minimum absolute atomic E-state index is 0.0670. The average Bonchev–Trinajstić information content (AvgIpc) is 2.96. The molecule has 9 nitrogen and oxygen atoms in total. The molecule has 3 aromatic carbocycles. The number of nitrogens with zero attached hydrogens (tertiary/aromatic N) is 2. The SMILES string of the molecule is CCNC(=O)[C@@H](CC)N(Cc1ccc(C)cc1)C(=O)CN(c1ccccc1)S(=O)(=O)c1ccc(OC)c(OC)c1. The van der Waals surface area contributed by atoms with Crippen molar-refractivity contribution in [2.45, 2.75) is 44.7 Å². The molecule has 3 rings (SSSR count). The summed E-state index contributed by atoms with van der Waals surface area (Å²) < 4.78 is 39.7. The second kappa shape index (κ2) is 13.8. The Hall–Kier alpha value is -4.05. The van der Waals surface area contributed by atoms with Gasteiger partial charge in [-0.05, 0) is 50.1 Å². The van der Waals surface area contributed by atoms with Gasteiger partial charge in [0.1, 0.15) is 12.6 Å². The number of rotatable bonds is 13. The lowest BCUT2D eigenvalue weighted by atomic mass is 10.1. The third-order valence-electron chi connectivity index (χ3n) is 6.48. The number of carbonyl (C=O) groups excluding carboxylic acids is 2. The van der Waals surface area contributed by atoms with Gasteiger partial charge in [0, 0.05) is 19.2 Å². The average molecular weight is 568 g/mol. The molecule has 2 amide bonds. The number of likely N-dealkylation sites (N-methyl/N-ethyl adjacent to an activating group) is 1. The van der Waals surface area contributed by atoms with Crippen molar-refractivity contribution in [2.75, 3.05) is 31.6 Å². The zero-order chi connectivity index (χ0) is 29.3. The fourth-order valence-electron chi connectivity index (χ4n) is 4.33. The molecule has 0 saturated carbocycles. The first kappa shape index (κ1) is 30.5. The number of methoxy groups -OCH3 is 2. The number of para-hydroxylation sites is 1. The van der Waals surface area contributed by atoms with Gasteiger partial charge in [-0.1, -0.05) is 55.0 Å². The maximum atomic E-state index is 14.0. The third-order valence-corrected chi connectivity index (χ3v) is 8.25. The van der Waals surface area contributed by atoms with E-state index in [0.29, 0.717) is 24.4 Å². The third kappa shape index (κ3) is 7.12. The maximum absolute atomic E-state index is 14.0. The van der Waals surface area contributed by atoms with Crippen molar-refractivity contribution in [3.63, 3.8) is 0 Å². The summed E-state index contributed by atoms with van der Waals surface area (Å²) in [6, 6.07) is 19.6. The minimum Gasteiger partial charge on any atom is -0.493 e. The number of carbonyl (C=O) groups is 2. The number of hydrogen-bond donors (Lipinski definition) is 1. The number of sulfonamides is 1. The fourth-order valence-corrected chi connectivity index (χ4v) is 5.76. The number of aryl methyl sites for hydroxylation is 1. The van der Waals surface area contributed by atoms with Crippen molar-refractivity contribution < 1.29 is 27.5 Å². The van der Waals surface area contributed by atoms with E-state index in [1.54, 1.807) is 30.3 Å². The van der Waals surface area contributed by atoms with Gasteiger partial charge >= 0.3 is 0 Å². The maximum Gasteiger partial charge on any atom is 0.264 e. The summed E-state index contributed by atoms with van der Waals surface area (Å²) in [6.45, 7) is 5.64. The van der Waals surface area contributed by atoms with E-state index in [4.69, 9.17) is 9.47 Å². The minimum atomic E-state index is -4.23. The van der Waals surface area contributed by atoms with E-state index in [9.17, 15) is 18.0 Å². The Morgan fingerprint density at radius 1 is 0.900 bits per heavy atom. The molecule has 1 N–H and O–H groups in total. The van der Waals surface area contributed by atoms with Crippen LogP contribution in [0, 0.1) is 6.92 Å². The van der Waals surface area contributed by atoms with Crippen molar-refractivity contribution in [3.05, 3.63) is 83.9 Å². The van der Waals surface area contributed by atoms with Crippen LogP contribution < -0.4 is 19.1 Å². The van der Waals surface area contributed by atoms with Gasteiger partial charge in [0.2, 0.25) is 11.8 Å². The number of anilines is 1. The second-order valence-electron chi connectivity index (χ2n) is 9.19. The van der Waals surface area contributed by atoms with Crippen LogP contribution in [-0.4, -0.2) is 58.5 Å². The first-order valence-electron chi connectivity index (χ1n) is 13.1. The standard InChI is InChI=1S/C30H37N3O6S/c1-6-26(30(35)31-7-2)32(20-23-15-13-22(3)14-16-23)29(34)21-33(24-11-9-8-10-12-24)40(36,37)25-17-18-27(38-4)28(19-25)39-5/h8-19,26H,6-7,20-21H2,1-5H3,(H,31,35)/t26-/m1/s1. The molecule has 0 spiro atoms. The zero-order valence-corrected chi connectivity index (χ0v) is 24.4. The van der Waals surface area contributed by atoms with E-state index in [1.165, 1.54) is 37.3 Å².